The van der Waals surface area contributed by atoms with E-state index in [2.05, 4.69) is 0 Å². The standard InChI is InChI=1S/C32H30O6/c33-23(19-35-25-11-3-1-4-12-25)21-37-31-27-15-7-9-17-29(27)32(30-18-10-8-16-28(30)31)38-22-24(34)20-36-26-13-5-2-6-14-26/h1-18,23-24,33-34H,19-22H2. The summed E-state index contributed by atoms with van der Waals surface area (Å²) in [5.41, 5.74) is 0. The highest BCUT2D eigenvalue weighted by Gasteiger charge is 2.18. The Labute approximate surface area is 221 Å². The molecular formula is C32H30O6. The number of para-hydroxylation sites is 2. The molecule has 0 aliphatic rings. The molecular weight excluding hydrogens is 480 g/mol. The zero-order valence-electron chi connectivity index (χ0n) is 20.9. The van der Waals surface area contributed by atoms with Gasteiger partial charge in [-0.05, 0) is 24.3 Å². The summed E-state index contributed by atoms with van der Waals surface area (Å²) >= 11 is 0. The molecule has 2 N–H and O–H groups in total. The van der Waals surface area contributed by atoms with Gasteiger partial charge in [-0.2, -0.15) is 0 Å². The fraction of sp³-hybridized carbons (Fsp3) is 0.188. The van der Waals surface area contributed by atoms with Gasteiger partial charge < -0.3 is 29.2 Å². The van der Waals surface area contributed by atoms with Crippen LogP contribution in [0.1, 0.15) is 0 Å². The maximum absolute atomic E-state index is 10.5. The molecule has 0 saturated carbocycles. The fourth-order valence-electron chi connectivity index (χ4n) is 4.23. The summed E-state index contributed by atoms with van der Waals surface area (Å²) in [6, 6.07) is 34.3. The molecule has 2 atom stereocenters. The van der Waals surface area contributed by atoms with Crippen molar-refractivity contribution in [2.75, 3.05) is 26.4 Å². The summed E-state index contributed by atoms with van der Waals surface area (Å²) in [5.74, 6) is 2.71. The van der Waals surface area contributed by atoms with Gasteiger partial charge in [-0.3, -0.25) is 0 Å². The second-order valence-electron chi connectivity index (χ2n) is 8.93. The normalized spacial score (nSPS) is 12.7. The number of aliphatic hydroxyl groups is 2. The average Bonchev–Trinajstić information content (AvgIpc) is 2.97. The van der Waals surface area contributed by atoms with Gasteiger partial charge in [0, 0.05) is 21.5 Å². The molecule has 194 valence electrons. The van der Waals surface area contributed by atoms with Crippen molar-refractivity contribution >= 4 is 21.5 Å². The molecule has 0 heterocycles. The quantitative estimate of drug-likeness (QED) is 0.212. The number of hydrogen-bond acceptors (Lipinski definition) is 6. The third kappa shape index (κ3) is 6.17. The summed E-state index contributed by atoms with van der Waals surface area (Å²) in [4.78, 5) is 0. The van der Waals surface area contributed by atoms with Crippen molar-refractivity contribution in [3.05, 3.63) is 109 Å². The SMILES string of the molecule is OC(COc1ccccc1)COc1c2ccccc2c(OCC(O)COc2ccccc2)c2ccccc12. The van der Waals surface area contributed by atoms with Crippen LogP contribution in [0, 0.1) is 0 Å². The lowest BCUT2D eigenvalue weighted by Gasteiger charge is -2.20. The van der Waals surface area contributed by atoms with Crippen LogP contribution in [-0.2, 0) is 0 Å². The molecule has 0 aliphatic carbocycles. The van der Waals surface area contributed by atoms with Crippen LogP contribution in [0.15, 0.2) is 109 Å². The maximum atomic E-state index is 10.5. The van der Waals surface area contributed by atoms with E-state index >= 15 is 0 Å². The van der Waals surface area contributed by atoms with Crippen LogP contribution in [0.5, 0.6) is 23.0 Å². The van der Waals surface area contributed by atoms with Crippen molar-refractivity contribution in [3.8, 4) is 23.0 Å². The molecule has 0 radical (unpaired) electrons. The Balaban J connectivity index is 1.33. The van der Waals surface area contributed by atoms with Crippen molar-refractivity contribution in [2.45, 2.75) is 12.2 Å². The zero-order chi connectivity index (χ0) is 26.2. The topological polar surface area (TPSA) is 77.4 Å². The second-order valence-corrected chi connectivity index (χ2v) is 8.93. The average molecular weight is 511 g/mol. The molecule has 38 heavy (non-hydrogen) atoms. The van der Waals surface area contributed by atoms with Gasteiger partial charge in [0.1, 0.15) is 61.6 Å². The number of hydrogen-bond donors (Lipinski definition) is 2. The summed E-state index contributed by atoms with van der Waals surface area (Å²) in [5, 5.41) is 24.5. The smallest absolute Gasteiger partial charge is 0.135 e. The van der Waals surface area contributed by atoms with Crippen LogP contribution >= 0.6 is 0 Å². The van der Waals surface area contributed by atoms with Gasteiger partial charge >= 0.3 is 0 Å². The Kier molecular flexibility index (Phi) is 8.23. The van der Waals surface area contributed by atoms with Crippen LogP contribution < -0.4 is 18.9 Å². The highest BCUT2D eigenvalue weighted by atomic mass is 16.5. The predicted molar refractivity (Wildman–Crippen MR) is 148 cm³/mol. The Morgan fingerprint density at radius 2 is 0.684 bits per heavy atom. The Morgan fingerprint density at radius 1 is 0.395 bits per heavy atom. The Bertz CT molecular complexity index is 1290. The highest BCUT2D eigenvalue weighted by molar-refractivity contribution is 6.11. The van der Waals surface area contributed by atoms with Crippen molar-refractivity contribution in [3.63, 3.8) is 0 Å². The number of rotatable bonds is 12. The molecule has 0 saturated heterocycles. The van der Waals surface area contributed by atoms with E-state index in [1.54, 1.807) is 0 Å². The first kappa shape index (κ1) is 25.4. The molecule has 0 fully saturated rings. The minimum atomic E-state index is -0.816. The summed E-state index contributed by atoms with van der Waals surface area (Å²) in [6.07, 6.45) is -1.63. The Morgan fingerprint density at radius 3 is 1.03 bits per heavy atom. The van der Waals surface area contributed by atoms with E-state index in [0.29, 0.717) is 23.0 Å². The molecule has 0 aromatic heterocycles. The lowest BCUT2D eigenvalue weighted by molar-refractivity contribution is 0.0629. The molecule has 6 heteroatoms. The van der Waals surface area contributed by atoms with E-state index in [9.17, 15) is 10.2 Å². The van der Waals surface area contributed by atoms with Crippen LogP contribution in [0.3, 0.4) is 0 Å². The number of benzene rings is 5. The number of fused-ring (bicyclic) bond motifs is 2. The maximum Gasteiger partial charge on any atom is 0.135 e. The van der Waals surface area contributed by atoms with Crippen molar-refractivity contribution < 1.29 is 29.2 Å². The molecule has 5 aromatic carbocycles. The molecule has 0 bridgehead atoms. The van der Waals surface area contributed by atoms with Gasteiger partial charge in [0.2, 0.25) is 0 Å². The molecule has 6 nitrogen and oxygen atoms in total. The van der Waals surface area contributed by atoms with Crippen molar-refractivity contribution in [1.82, 2.24) is 0 Å². The molecule has 0 amide bonds. The lowest BCUT2D eigenvalue weighted by atomic mass is 10.0. The van der Waals surface area contributed by atoms with Crippen LogP contribution in [0.2, 0.25) is 0 Å². The summed E-state index contributed by atoms with van der Waals surface area (Å²) < 4.78 is 23.7. The minimum Gasteiger partial charge on any atom is -0.491 e. The first-order valence-electron chi connectivity index (χ1n) is 12.6. The summed E-state index contributed by atoms with van der Waals surface area (Å²) in [6.45, 7) is 0.362. The third-order valence-electron chi connectivity index (χ3n) is 6.04. The molecule has 0 spiro atoms. The van der Waals surface area contributed by atoms with E-state index in [1.165, 1.54) is 0 Å². The molecule has 0 aliphatic heterocycles. The predicted octanol–water partition coefficient (Wildman–Crippen LogP) is 5.63. The van der Waals surface area contributed by atoms with Gasteiger partial charge in [-0.25, -0.2) is 0 Å². The first-order chi connectivity index (χ1) is 18.7. The number of ether oxygens (including phenoxy) is 4. The second kappa shape index (κ2) is 12.3. The first-order valence-corrected chi connectivity index (χ1v) is 12.6. The van der Waals surface area contributed by atoms with E-state index in [0.717, 1.165) is 21.5 Å². The monoisotopic (exact) mass is 510 g/mol. The van der Waals surface area contributed by atoms with Gasteiger partial charge in [0.15, 0.2) is 0 Å². The van der Waals surface area contributed by atoms with E-state index in [1.807, 2.05) is 109 Å². The molecule has 2 unspecified atom stereocenters. The van der Waals surface area contributed by atoms with Crippen LogP contribution in [-0.4, -0.2) is 48.8 Å². The largest absolute Gasteiger partial charge is 0.491 e. The number of aliphatic hydroxyl groups excluding tert-OH is 2. The van der Waals surface area contributed by atoms with Crippen LogP contribution in [0.25, 0.3) is 21.5 Å². The van der Waals surface area contributed by atoms with E-state index in [-0.39, 0.29) is 26.4 Å². The van der Waals surface area contributed by atoms with E-state index < -0.39 is 12.2 Å². The molecule has 5 rings (SSSR count). The minimum absolute atomic E-state index is 0.0660. The fourth-order valence-corrected chi connectivity index (χ4v) is 4.23. The molecule has 5 aromatic rings. The van der Waals surface area contributed by atoms with Gasteiger partial charge in [-0.1, -0.05) is 84.9 Å². The van der Waals surface area contributed by atoms with Crippen molar-refractivity contribution in [2.24, 2.45) is 0 Å². The lowest BCUT2D eigenvalue weighted by Crippen LogP contribution is -2.25. The van der Waals surface area contributed by atoms with Gasteiger partial charge in [0.25, 0.3) is 0 Å². The van der Waals surface area contributed by atoms with Crippen LogP contribution in [0.4, 0.5) is 0 Å². The third-order valence-corrected chi connectivity index (χ3v) is 6.04. The highest BCUT2D eigenvalue weighted by Crippen LogP contribution is 2.42. The summed E-state index contributed by atoms with van der Waals surface area (Å²) in [7, 11) is 0. The van der Waals surface area contributed by atoms with Gasteiger partial charge in [-0.15, -0.1) is 0 Å². The zero-order valence-corrected chi connectivity index (χ0v) is 20.9. The Hall–Kier alpha value is -4.26. The van der Waals surface area contributed by atoms with Gasteiger partial charge in [0.05, 0.1) is 0 Å². The van der Waals surface area contributed by atoms with E-state index in [4.69, 9.17) is 18.9 Å². The van der Waals surface area contributed by atoms with Crippen molar-refractivity contribution in [1.29, 1.82) is 0 Å².